The molecule has 0 aliphatic rings. The second-order valence-electron chi connectivity index (χ2n) is 2.58. The Kier molecular flexibility index (Phi) is 3.00. The van der Waals surface area contributed by atoms with Crippen LogP contribution in [0.15, 0.2) is 30.8 Å². The maximum atomic E-state index is 12.5. The van der Waals surface area contributed by atoms with Crippen LogP contribution in [0.2, 0.25) is 0 Å². The Bertz CT molecular complexity index is 264. The van der Waals surface area contributed by atoms with Crippen molar-refractivity contribution < 1.29 is 9.50 Å². The Labute approximate surface area is 71.2 Å². The molecule has 0 aromatic heterocycles. The third-order valence-corrected chi connectivity index (χ3v) is 1.67. The normalized spacial score (nSPS) is 9.83. The molecule has 0 unspecified atom stereocenters. The van der Waals surface area contributed by atoms with E-state index in [1.807, 2.05) is 0 Å². The highest BCUT2D eigenvalue weighted by Crippen LogP contribution is 2.15. The van der Waals surface area contributed by atoms with E-state index in [0.29, 0.717) is 6.42 Å². The summed E-state index contributed by atoms with van der Waals surface area (Å²) in [6.07, 6.45) is 0.533. The van der Waals surface area contributed by atoms with Crippen LogP contribution in [0.5, 0.6) is 0 Å². The first-order chi connectivity index (χ1) is 5.74. The molecule has 64 valence electrons. The Balaban J connectivity index is 2.75. The molecular weight excluding hydrogens is 155 g/mol. The minimum Gasteiger partial charge on any atom is -0.396 e. The molecular formula is C10H11FO. The summed E-state index contributed by atoms with van der Waals surface area (Å²) in [5.41, 5.74) is 1.71. The Morgan fingerprint density at radius 3 is 2.42 bits per heavy atom. The molecule has 0 spiro atoms. The standard InChI is InChI=1S/C10H11FO/c1-8(6-7-12)9-2-4-10(11)5-3-9/h2-5,12H,1,6-7H2. The van der Waals surface area contributed by atoms with Crippen LogP contribution < -0.4 is 0 Å². The van der Waals surface area contributed by atoms with Crippen LogP contribution in [0.4, 0.5) is 4.39 Å². The molecule has 0 radical (unpaired) electrons. The molecule has 2 heteroatoms. The maximum Gasteiger partial charge on any atom is 0.123 e. The van der Waals surface area contributed by atoms with Crippen molar-refractivity contribution in [1.82, 2.24) is 0 Å². The van der Waals surface area contributed by atoms with E-state index in [9.17, 15) is 4.39 Å². The predicted octanol–water partition coefficient (Wildman–Crippen LogP) is 2.22. The van der Waals surface area contributed by atoms with Gasteiger partial charge in [-0.05, 0) is 29.7 Å². The van der Waals surface area contributed by atoms with Crippen molar-refractivity contribution >= 4 is 5.57 Å². The van der Waals surface area contributed by atoms with Gasteiger partial charge in [0.25, 0.3) is 0 Å². The van der Waals surface area contributed by atoms with Crippen molar-refractivity contribution in [2.45, 2.75) is 6.42 Å². The topological polar surface area (TPSA) is 20.2 Å². The lowest BCUT2D eigenvalue weighted by Gasteiger charge is -2.02. The van der Waals surface area contributed by atoms with Crippen LogP contribution in [-0.2, 0) is 0 Å². The number of aliphatic hydroxyl groups is 1. The van der Waals surface area contributed by atoms with Crippen molar-refractivity contribution in [2.24, 2.45) is 0 Å². The van der Waals surface area contributed by atoms with Gasteiger partial charge in [-0.15, -0.1) is 0 Å². The molecule has 0 saturated heterocycles. The van der Waals surface area contributed by atoms with Crippen molar-refractivity contribution in [3.63, 3.8) is 0 Å². The largest absolute Gasteiger partial charge is 0.396 e. The third kappa shape index (κ3) is 2.17. The average Bonchev–Trinajstić information content (AvgIpc) is 2.06. The van der Waals surface area contributed by atoms with Crippen LogP contribution in [0, 0.1) is 5.82 Å². The maximum absolute atomic E-state index is 12.5. The summed E-state index contributed by atoms with van der Waals surface area (Å²) in [5, 5.41) is 8.62. The molecule has 0 bridgehead atoms. The number of hydrogen-bond acceptors (Lipinski definition) is 1. The van der Waals surface area contributed by atoms with Gasteiger partial charge in [-0.2, -0.15) is 0 Å². The van der Waals surface area contributed by atoms with E-state index in [4.69, 9.17) is 5.11 Å². The Hall–Kier alpha value is -1.15. The summed E-state index contributed by atoms with van der Waals surface area (Å²) < 4.78 is 12.5. The first kappa shape index (κ1) is 8.94. The van der Waals surface area contributed by atoms with E-state index < -0.39 is 0 Å². The van der Waals surface area contributed by atoms with Crippen LogP contribution in [0.3, 0.4) is 0 Å². The van der Waals surface area contributed by atoms with E-state index >= 15 is 0 Å². The number of halogens is 1. The Morgan fingerprint density at radius 2 is 1.92 bits per heavy atom. The van der Waals surface area contributed by atoms with Crippen molar-refractivity contribution in [2.75, 3.05) is 6.61 Å². The molecule has 12 heavy (non-hydrogen) atoms. The molecule has 0 aliphatic carbocycles. The first-order valence-electron chi connectivity index (χ1n) is 3.78. The average molecular weight is 166 g/mol. The van der Waals surface area contributed by atoms with Gasteiger partial charge in [0.05, 0.1) is 0 Å². The van der Waals surface area contributed by atoms with Crippen molar-refractivity contribution in [1.29, 1.82) is 0 Å². The molecule has 0 aliphatic heterocycles. The number of aliphatic hydroxyl groups excluding tert-OH is 1. The summed E-state index contributed by atoms with van der Waals surface area (Å²) in [5.74, 6) is -0.254. The highest BCUT2D eigenvalue weighted by Gasteiger charge is 1.97. The lowest BCUT2D eigenvalue weighted by molar-refractivity contribution is 0.305. The van der Waals surface area contributed by atoms with Crippen LogP contribution in [-0.4, -0.2) is 11.7 Å². The van der Waals surface area contributed by atoms with E-state index in [1.54, 1.807) is 12.1 Å². The van der Waals surface area contributed by atoms with Gasteiger partial charge in [-0.1, -0.05) is 18.7 Å². The van der Waals surface area contributed by atoms with E-state index in [1.165, 1.54) is 12.1 Å². The van der Waals surface area contributed by atoms with Crippen LogP contribution in [0.1, 0.15) is 12.0 Å². The first-order valence-corrected chi connectivity index (χ1v) is 3.78. The number of benzene rings is 1. The second-order valence-corrected chi connectivity index (χ2v) is 2.58. The Morgan fingerprint density at radius 1 is 1.33 bits per heavy atom. The molecule has 1 aromatic carbocycles. The number of rotatable bonds is 3. The van der Waals surface area contributed by atoms with E-state index in [-0.39, 0.29) is 12.4 Å². The smallest absolute Gasteiger partial charge is 0.123 e. The molecule has 0 amide bonds. The summed E-state index contributed by atoms with van der Waals surface area (Å²) in [6, 6.07) is 6.09. The van der Waals surface area contributed by atoms with Crippen molar-refractivity contribution in [3.05, 3.63) is 42.2 Å². The lowest BCUT2D eigenvalue weighted by Crippen LogP contribution is -1.87. The fraction of sp³-hybridized carbons (Fsp3) is 0.200. The third-order valence-electron chi connectivity index (χ3n) is 1.67. The zero-order valence-electron chi connectivity index (χ0n) is 6.76. The van der Waals surface area contributed by atoms with E-state index in [2.05, 4.69) is 6.58 Å². The van der Waals surface area contributed by atoms with Gasteiger partial charge in [-0.25, -0.2) is 4.39 Å². The zero-order valence-corrected chi connectivity index (χ0v) is 6.76. The zero-order chi connectivity index (χ0) is 8.97. The van der Waals surface area contributed by atoms with Gasteiger partial charge in [0.2, 0.25) is 0 Å². The van der Waals surface area contributed by atoms with Crippen LogP contribution >= 0.6 is 0 Å². The molecule has 1 nitrogen and oxygen atoms in total. The van der Waals surface area contributed by atoms with E-state index in [0.717, 1.165) is 11.1 Å². The molecule has 0 atom stereocenters. The van der Waals surface area contributed by atoms with Crippen LogP contribution in [0.25, 0.3) is 5.57 Å². The quantitative estimate of drug-likeness (QED) is 0.730. The van der Waals surface area contributed by atoms with Gasteiger partial charge in [-0.3, -0.25) is 0 Å². The minimum absolute atomic E-state index is 0.0796. The number of hydrogen-bond donors (Lipinski definition) is 1. The molecule has 0 heterocycles. The fourth-order valence-electron chi connectivity index (χ4n) is 0.965. The summed E-state index contributed by atoms with van der Waals surface area (Å²) in [7, 11) is 0. The van der Waals surface area contributed by atoms with Gasteiger partial charge in [0.1, 0.15) is 5.82 Å². The summed E-state index contributed by atoms with van der Waals surface area (Å²) in [6.45, 7) is 3.84. The fourth-order valence-corrected chi connectivity index (χ4v) is 0.965. The highest BCUT2D eigenvalue weighted by molar-refractivity contribution is 5.63. The highest BCUT2D eigenvalue weighted by atomic mass is 19.1. The minimum atomic E-state index is -0.254. The molecule has 0 saturated carbocycles. The van der Waals surface area contributed by atoms with Crippen molar-refractivity contribution in [3.8, 4) is 0 Å². The summed E-state index contributed by atoms with van der Waals surface area (Å²) in [4.78, 5) is 0. The summed E-state index contributed by atoms with van der Waals surface area (Å²) >= 11 is 0. The SMILES string of the molecule is C=C(CCO)c1ccc(F)cc1. The van der Waals surface area contributed by atoms with Gasteiger partial charge < -0.3 is 5.11 Å². The van der Waals surface area contributed by atoms with Gasteiger partial charge in [0, 0.05) is 6.61 Å². The van der Waals surface area contributed by atoms with Gasteiger partial charge in [0.15, 0.2) is 0 Å². The second kappa shape index (κ2) is 4.02. The van der Waals surface area contributed by atoms with Gasteiger partial charge >= 0.3 is 0 Å². The monoisotopic (exact) mass is 166 g/mol. The molecule has 1 rings (SSSR count). The lowest BCUT2D eigenvalue weighted by atomic mass is 10.1. The molecule has 1 N–H and O–H groups in total. The molecule has 0 fully saturated rings. The predicted molar refractivity (Wildman–Crippen MR) is 47.1 cm³/mol. The molecule has 1 aromatic rings.